The molecular weight excluding hydrogens is 473 g/mol. The Kier molecular flexibility index (Phi) is 6.33. The Morgan fingerprint density at radius 2 is 1.85 bits per heavy atom. The van der Waals surface area contributed by atoms with Crippen molar-refractivity contribution in [2.75, 3.05) is 23.9 Å². The van der Waals surface area contributed by atoms with Crippen molar-refractivity contribution in [3.05, 3.63) is 66.0 Å². The van der Waals surface area contributed by atoms with Gasteiger partial charge in [-0.15, -0.1) is 12.4 Å². The molecule has 2 aliphatic heterocycles. The lowest BCUT2D eigenvalue weighted by Gasteiger charge is -2.28. The summed E-state index contributed by atoms with van der Waals surface area (Å²) >= 11 is 0. The monoisotopic (exact) mass is 493 g/mol. The Labute approximate surface area is 196 Å². The van der Waals surface area contributed by atoms with Gasteiger partial charge in [0.1, 0.15) is 36.4 Å². The summed E-state index contributed by atoms with van der Waals surface area (Å²) in [6.45, 7) is 0.982. The molecule has 0 unspecified atom stereocenters. The molecule has 0 aromatic heterocycles. The van der Waals surface area contributed by atoms with Gasteiger partial charge in [0, 0.05) is 18.5 Å². The summed E-state index contributed by atoms with van der Waals surface area (Å²) in [4.78, 5) is 11.8. The van der Waals surface area contributed by atoms with Crippen LogP contribution in [0.2, 0.25) is 0 Å². The van der Waals surface area contributed by atoms with E-state index in [1.165, 1.54) is 6.07 Å². The zero-order valence-corrected chi connectivity index (χ0v) is 18.9. The number of hydrogen-bond acceptors (Lipinski definition) is 6. The minimum Gasteiger partial charge on any atom is -0.488 e. The van der Waals surface area contributed by atoms with Gasteiger partial charge in [0.25, 0.3) is 5.91 Å². The van der Waals surface area contributed by atoms with E-state index in [0.717, 1.165) is 5.56 Å². The van der Waals surface area contributed by atoms with Crippen molar-refractivity contribution < 1.29 is 27.1 Å². The average Bonchev–Trinajstić information content (AvgIpc) is 3.02. The molecule has 174 valence electrons. The van der Waals surface area contributed by atoms with Crippen molar-refractivity contribution in [2.24, 2.45) is 0 Å². The van der Waals surface area contributed by atoms with Gasteiger partial charge < -0.3 is 14.8 Å². The van der Waals surface area contributed by atoms with Gasteiger partial charge in [0.15, 0.2) is 5.82 Å². The van der Waals surface area contributed by atoms with Crippen molar-refractivity contribution in [2.45, 2.75) is 12.7 Å². The number of ether oxygens (including phenoxy) is 2. The summed E-state index contributed by atoms with van der Waals surface area (Å²) in [6.07, 6.45) is 0.00393. The first-order valence-electron chi connectivity index (χ1n) is 10.0. The van der Waals surface area contributed by atoms with Crippen LogP contribution in [-0.4, -0.2) is 40.1 Å². The topological polar surface area (TPSA) is 97.0 Å². The van der Waals surface area contributed by atoms with Crippen LogP contribution in [0, 0.1) is 5.82 Å². The van der Waals surface area contributed by atoms with E-state index in [-0.39, 0.29) is 41.9 Å². The summed E-state index contributed by atoms with van der Waals surface area (Å²) in [6, 6.07) is 15.8. The normalized spacial score (nSPS) is 17.2. The van der Waals surface area contributed by atoms with E-state index < -0.39 is 28.5 Å². The van der Waals surface area contributed by atoms with Crippen LogP contribution in [0.1, 0.15) is 5.56 Å². The molecule has 2 heterocycles. The fourth-order valence-electron chi connectivity index (χ4n) is 3.63. The number of benzene rings is 3. The molecule has 33 heavy (non-hydrogen) atoms. The molecule has 5 rings (SSSR count). The van der Waals surface area contributed by atoms with E-state index in [1.807, 2.05) is 35.1 Å². The van der Waals surface area contributed by atoms with Gasteiger partial charge in [0.05, 0.1) is 0 Å². The molecule has 1 amide bonds. The summed E-state index contributed by atoms with van der Waals surface area (Å²) in [5.41, 5.74) is 0.518. The van der Waals surface area contributed by atoms with Crippen LogP contribution in [0.4, 0.5) is 10.1 Å². The number of amides is 1. The summed E-state index contributed by atoms with van der Waals surface area (Å²) in [5, 5.41) is 3.79. The number of halogens is 2. The first-order chi connectivity index (χ1) is 15.4. The van der Waals surface area contributed by atoms with E-state index in [1.54, 1.807) is 18.2 Å². The first-order valence-corrected chi connectivity index (χ1v) is 11.5. The second-order valence-corrected chi connectivity index (χ2v) is 9.22. The van der Waals surface area contributed by atoms with Gasteiger partial charge in [-0.1, -0.05) is 36.4 Å². The van der Waals surface area contributed by atoms with Crippen molar-refractivity contribution in [1.82, 2.24) is 10.0 Å². The van der Waals surface area contributed by atoms with Gasteiger partial charge in [-0.2, -0.15) is 8.42 Å². The summed E-state index contributed by atoms with van der Waals surface area (Å²) < 4.78 is 55.0. The van der Waals surface area contributed by atoms with Crippen LogP contribution >= 0.6 is 12.4 Å². The molecule has 3 aromatic rings. The summed E-state index contributed by atoms with van der Waals surface area (Å²) in [5.74, 6) is -1.04. The highest BCUT2D eigenvalue weighted by atomic mass is 35.5. The number of hydrogen-bond donors (Lipinski definition) is 2. The Hall–Kier alpha value is -3.08. The van der Waals surface area contributed by atoms with Gasteiger partial charge in [0.2, 0.25) is 0 Å². The average molecular weight is 494 g/mol. The van der Waals surface area contributed by atoms with Gasteiger partial charge >= 0.3 is 10.2 Å². The number of carbonyl (C=O) groups excluding carboxylic acids is 1. The predicted octanol–water partition coefficient (Wildman–Crippen LogP) is 2.51. The minimum absolute atomic E-state index is 0. The number of fused-ring (bicyclic) bond motifs is 1. The minimum atomic E-state index is -4.24. The standard InChI is InChI=1S/C22H20FN3O5S.ClH/c23-21-18-9-16(31-17-10-24-11-17)7-6-15(18)8-19(30-13-14-4-2-1-3-5-14)22(21)26-12-20(27)25-32(26,28)29;/h1-9,17,24H,10-13H2,(H,25,27);1H. The molecule has 2 saturated heterocycles. The Morgan fingerprint density at radius 1 is 1.09 bits per heavy atom. The fourth-order valence-corrected chi connectivity index (χ4v) is 4.79. The van der Waals surface area contributed by atoms with Crippen molar-refractivity contribution >= 4 is 45.0 Å². The summed E-state index contributed by atoms with van der Waals surface area (Å²) in [7, 11) is -4.24. The van der Waals surface area contributed by atoms with E-state index in [4.69, 9.17) is 9.47 Å². The van der Waals surface area contributed by atoms with Crippen LogP contribution in [-0.2, 0) is 21.6 Å². The highest BCUT2D eigenvalue weighted by Gasteiger charge is 2.38. The van der Waals surface area contributed by atoms with Crippen molar-refractivity contribution in [3.8, 4) is 11.5 Å². The molecule has 11 heteroatoms. The van der Waals surface area contributed by atoms with Gasteiger partial charge in [-0.25, -0.2) is 13.4 Å². The lowest BCUT2D eigenvalue weighted by atomic mass is 10.1. The number of nitrogens with one attached hydrogen (secondary N) is 2. The lowest BCUT2D eigenvalue weighted by molar-refractivity contribution is -0.117. The third kappa shape index (κ3) is 4.54. The van der Waals surface area contributed by atoms with E-state index in [0.29, 0.717) is 28.5 Å². The highest BCUT2D eigenvalue weighted by Crippen LogP contribution is 2.40. The number of rotatable bonds is 6. The van der Waals surface area contributed by atoms with Crippen LogP contribution in [0.3, 0.4) is 0 Å². The molecule has 0 bridgehead atoms. The second-order valence-electron chi connectivity index (χ2n) is 7.63. The van der Waals surface area contributed by atoms with E-state index in [9.17, 15) is 13.2 Å². The molecule has 0 atom stereocenters. The van der Waals surface area contributed by atoms with Gasteiger partial charge in [-0.05, 0) is 29.1 Å². The quantitative estimate of drug-likeness (QED) is 0.547. The molecule has 0 radical (unpaired) electrons. The van der Waals surface area contributed by atoms with Gasteiger partial charge in [-0.3, -0.25) is 4.79 Å². The van der Waals surface area contributed by atoms with E-state index in [2.05, 4.69) is 5.32 Å². The molecule has 2 N–H and O–H groups in total. The first kappa shape index (κ1) is 23.1. The molecule has 0 saturated carbocycles. The third-order valence-corrected chi connectivity index (χ3v) is 6.72. The van der Waals surface area contributed by atoms with Crippen LogP contribution in [0.25, 0.3) is 10.8 Å². The fraction of sp³-hybridized carbons (Fsp3) is 0.227. The van der Waals surface area contributed by atoms with E-state index >= 15 is 4.39 Å². The molecule has 0 spiro atoms. The van der Waals surface area contributed by atoms with Crippen LogP contribution in [0.15, 0.2) is 54.6 Å². The number of carbonyl (C=O) groups is 1. The molecule has 2 aliphatic rings. The maximum atomic E-state index is 15.8. The largest absolute Gasteiger partial charge is 0.488 e. The highest BCUT2D eigenvalue weighted by molar-refractivity contribution is 7.92. The Bertz CT molecular complexity index is 1300. The van der Waals surface area contributed by atoms with Crippen molar-refractivity contribution in [1.29, 1.82) is 0 Å². The molecular formula is C22H21ClFN3O5S. The lowest BCUT2D eigenvalue weighted by Crippen LogP contribution is -2.50. The van der Waals surface area contributed by atoms with Crippen molar-refractivity contribution in [3.63, 3.8) is 0 Å². The smallest absolute Gasteiger partial charge is 0.326 e. The molecule has 0 aliphatic carbocycles. The van der Waals surface area contributed by atoms with Crippen LogP contribution < -0.4 is 23.8 Å². The zero-order chi connectivity index (χ0) is 22.3. The number of nitrogens with zero attached hydrogens (tertiary/aromatic N) is 1. The zero-order valence-electron chi connectivity index (χ0n) is 17.3. The molecule has 2 fully saturated rings. The number of anilines is 1. The third-order valence-electron chi connectivity index (χ3n) is 5.34. The predicted molar refractivity (Wildman–Crippen MR) is 124 cm³/mol. The second kappa shape index (κ2) is 9.05. The Balaban J connectivity index is 0.00000259. The maximum absolute atomic E-state index is 15.8. The molecule has 8 nitrogen and oxygen atoms in total. The van der Waals surface area contributed by atoms with Crippen LogP contribution in [0.5, 0.6) is 11.5 Å². The maximum Gasteiger partial charge on any atom is 0.326 e. The molecule has 3 aromatic carbocycles. The SMILES string of the molecule is Cl.O=C1CN(c2c(OCc3ccccc3)cc3ccc(OC4CNC4)cc3c2F)S(=O)(=O)N1. The Morgan fingerprint density at radius 3 is 2.48 bits per heavy atom.